The van der Waals surface area contributed by atoms with Crippen molar-refractivity contribution < 1.29 is 27.5 Å². The number of pyridine rings is 1. The zero-order chi connectivity index (χ0) is 21.8. The molecule has 1 aliphatic rings. The molecule has 1 aromatic heterocycles. The van der Waals surface area contributed by atoms with E-state index < -0.39 is 48.6 Å². The van der Waals surface area contributed by atoms with Gasteiger partial charge >= 0.3 is 0 Å². The summed E-state index contributed by atoms with van der Waals surface area (Å²) in [6.45, 7) is -0.863. The number of carbonyl (C=O) groups excluding carboxylic acids is 2. The van der Waals surface area contributed by atoms with Crippen LogP contribution < -0.4 is 16.6 Å². The van der Waals surface area contributed by atoms with E-state index in [1.54, 1.807) is 12.1 Å². The van der Waals surface area contributed by atoms with Gasteiger partial charge in [-0.2, -0.15) is 0 Å². The number of nitrogens with zero attached hydrogens (tertiary/aromatic N) is 1. The second-order valence-corrected chi connectivity index (χ2v) is 7.00. The average Bonchev–Trinajstić information content (AvgIpc) is 3.13. The Hall–Kier alpha value is -3.14. The monoisotopic (exact) mass is 423 g/mol. The van der Waals surface area contributed by atoms with Gasteiger partial charge < -0.3 is 15.8 Å². The third-order valence-electron chi connectivity index (χ3n) is 4.99. The molecule has 1 aliphatic carbocycles. The summed E-state index contributed by atoms with van der Waals surface area (Å²) >= 11 is 0. The fourth-order valence-electron chi connectivity index (χ4n) is 3.52. The van der Waals surface area contributed by atoms with Crippen LogP contribution in [0.2, 0.25) is 0 Å². The fourth-order valence-corrected chi connectivity index (χ4v) is 3.52. The van der Waals surface area contributed by atoms with Gasteiger partial charge in [-0.1, -0.05) is 6.07 Å². The molecular weight excluding hydrogens is 403 g/mol. The minimum atomic E-state index is -2.71. The van der Waals surface area contributed by atoms with Crippen molar-refractivity contribution in [3.05, 3.63) is 58.8 Å². The smallest absolute Gasteiger partial charge is 0.261 e. The molecule has 0 aliphatic heterocycles. The number of hydrogen-bond donors (Lipinski definition) is 2. The van der Waals surface area contributed by atoms with E-state index in [4.69, 9.17) is 10.5 Å². The predicted octanol–water partition coefficient (Wildman–Crippen LogP) is 2.08. The first-order valence-electron chi connectivity index (χ1n) is 9.23. The van der Waals surface area contributed by atoms with Crippen LogP contribution in [0.15, 0.2) is 47.4 Å². The lowest BCUT2D eigenvalue weighted by Gasteiger charge is -2.16. The van der Waals surface area contributed by atoms with Crippen LogP contribution in [0.1, 0.15) is 12.8 Å². The Bertz CT molecular complexity index is 995. The van der Waals surface area contributed by atoms with Crippen LogP contribution in [-0.4, -0.2) is 35.5 Å². The van der Waals surface area contributed by atoms with Gasteiger partial charge in [-0.3, -0.25) is 19.0 Å². The van der Waals surface area contributed by atoms with Crippen LogP contribution >= 0.6 is 0 Å². The van der Waals surface area contributed by atoms with Gasteiger partial charge in [-0.05, 0) is 31.0 Å². The molecular formula is C20H20F3N3O4. The zero-order valence-corrected chi connectivity index (χ0v) is 15.8. The highest BCUT2D eigenvalue weighted by atomic mass is 19.3. The number of ether oxygens (including phenoxy) is 1. The molecule has 1 heterocycles. The maximum atomic E-state index is 14.5. The van der Waals surface area contributed by atoms with Gasteiger partial charge in [0.1, 0.15) is 12.4 Å². The van der Waals surface area contributed by atoms with Crippen LogP contribution in [-0.2, 0) is 14.3 Å². The van der Waals surface area contributed by atoms with Crippen molar-refractivity contribution in [3.8, 4) is 5.69 Å². The van der Waals surface area contributed by atoms with Crippen molar-refractivity contribution in [1.29, 1.82) is 0 Å². The lowest BCUT2D eigenvalue weighted by molar-refractivity contribution is -0.127. The van der Waals surface area contributed by atoms with Crippen molar-refractivity contribution in [2.45, 2.75) is 25.4 Å². The van der Waals surface area contributed by atoms with Gasteiger partial charge in [0.25, 0.3) is 12.0 Å². The minimum Gasteiger partial charge on any atom is -0.371 e. The molecule has 3 N–H and O–H groups in total. The number of hydrogen-bond acceptors (Lipinski definition) is 4. The van der Waals surface area contributed by atoms with Crippen LogP contribution in [0.3, 0.4) is 0 Å². The summed E-state index contributed by atoms with van der Waals surface area (Å²) in [5.41, 5.74) is 5.12. The number of alkyl halides is 2. The molecule has 10 heteroatoms. The molecule has 1 fully saturated rings. The van der Waals surface area contributed by atoms with Crippen molar-refractivity contribution in [2.75, 3.05) is 11.9 Å². The van der Waals surface area contributed by atoms with Crippen LogP contribution in [0, 0.1) is 17.7 Å². The number of benzene rings is 1. The lowest BCUT2D eigenvalue weighted by Crippen LogP contribution is -2.32. The number of anilines is 1. The third-order valence-corrected chi connectivity index (χ3v) is 4.99. The average molecular weight is 423 g/mol. The molecule has 1 saturated carbocycles. The Morgan fingerprint density at radius 3 is 2.63 bits per heavy atom. The quantitative estimate of drug-likeness (QED) is 0.712. The summed E-state index contributed by atoms with van der Waals surface area (Å²) in [6, 6.07) is 8.39. The van der Waals surface area contributed by atoms with E-state index in [0.717, 1.165) is 6.07 Å². The molecule has 0 unspecified atom stereocenters. The Kier molecular flexibility index (Phi) is 6.56. The number of rotatable bonds is 7. The van der Waals surface area contributed by atoms with E-state index >= 15 is 0 Å². The summed E-state index contributed by atoms with van der Waals surface area (Å²) in [5, 5.41) is 2.43. The van der Waals surface area contributed by atoms with Crippen LogP contribution in [0.25, 0.3) is 5.69 Å². The Labute approximate surface area is 169 Å². The maximum absolute atomic E-state index is 14.5. The molecule has 7 nitrogen and oxygen atoms in total. The summed E-state index contributed by atoms with van der Waals surface area (Å²) in [6.07, 6.45) is -2.09. The summed E-state index contributed by atoms with van der Waals surface area (Å²) in [5.74, 6) is -3.70. The summed E-state index contributed by atoms with van der Waals surface area (Å²) in [4.78, 5) is 36.0. The number of carbonyl (C=O) groups is 2. The largest absolute Gasteiger partial charge is 0.371 e. The minimum absolute atomic E-state index is 0.0191. The number of amides is 2. The molecule has 0 spiro atoms. The Morgan fingerprint density at radius 1 is 1.23 bits per heavy atom. The van der Waals surface area contributed by atoms with Crippen molar-refractivity contribution in [2.24, 2.45) is 17.6 Å². The molecule has 160 valence electrons. The lowest BCUT2D eigenvalue weighted by atomic mass is 10.0. The molecule has 0 saturated heterocycles. The summed E-state index contributed by atoms with van der Waals surface area (Å²) in [7, 11) is 0. The van der Waals surface area contributed by atoms with Gasteiger partial charge in [0.05, 0.1) is 23.4 Å². The number of primary amides is 1. The number of halogens is 3. The molecule has 2 amide bonds. The normalized spacial score (nSPS) is 21.0. The topological polar surface area (TPSA) is 103 Å². The second kappa shape index (κ2) is 9.12. The van der Waals surface area contributed by atoms with Crippen LogP contribution in [0.5, 0.6) is 0 Å². The first-order valence-corrected chi connectivity index (χ1v) is 9.23. The Morgan fingerprint density at radius 2 is 2.00 bits per heavy atom. The second-order valence-electron chi connectivity index (χ2n) is 7.00. The highest BCUT2D eigenvalue weighted by molar-refractivity contribution is 5.93. The first-order chi connectivity index (χ1) is 14.3. The number of nitrogens with one attached hydrogen (secondary N) is 1. The first kappa shape index (κ1) is 21.6. The van der Waals surface area contributed by atoms with E-state index in [2.05, 4.69) is 5.32 Å². The van der Waals surface area contributed by atoms with Gasteiger partial charge in [0.2, 0.25) is 11.8 Å². The van der Waals surface area contributed by atoms with Gasteiger partial charge in [0, 0.05) is 24.2 Å². The van der Waals surface area contributed by atoms with E-state index in [1.165, 1.54) is 29.0 Å². The fraction of sp³-hybridized carbons (Fsp3) is 0.350. The van der Waals surface area contributed by atoms with E-state index in [-0.39, 0.29) is 29.8 Å². The predicted molar refractivity (Wildman–Crippen MR) is 102 cm³/mol. The molecule has 2 aromatic rings. The maximum Gasteiger partial charge on any atom is 0.261 e. The van der Waals surface area contributed by atoms with Crippen molar-refractivity contribution in [1.82, 2.24) is 4.57 Å². The molecule has 0 bridgehead atoms. The summed E-state index contributed by atoms with van der Waals surface area (Å²) < 4.78 is 45.6. The van der Waals surface area contributed by atoms with Gasteiger partial charge in [-0.25, -0.2) is 13.2 Å². The van der Waals surface area contributed by atoms with Crippen molar-refractivity contribution >= 4 is 17.5 Å². The molecule has 0 radical (unpaired) electrons. The highest BCUT2D eigenvalue weighted by Crippen LogP contribution is 2.34. The van der Waals surface area contributed by atoms with Crippen molar-refractivity contribution in [3.63, 3.8) is 0 Å². The highest BCUT2D eigenvalue weighted by Gasteiger charge is 2.42. The van der Waals surface area contributed by atoms with E-state index in [0.29, 0.717) is 0 Å². The number of nitrogens with two attached hydrogens (primary N) is 1. The van der Waals surface area contributed by atoms with Crippen LogP contribution in [0.4, 0.5) is 18.9 Å². The Balaban J connectivity index is 1.70. The molecule has 1 aromatic carbocycles. The SMILES string of the molecule is NC(=O)[C@H]1C[C@H](C(=O)Nc2ccc(-n3ccccc3=O)cc2F)C[C@@H]1OCC(F)F. The molecule has 3 rings (SSSR count). The third kappa shape index (κ3) is 4.88. The zero-order valence-electron chi connectivity index (χ0n) is 15.8. The number of aromatic nitrogens is 1. The van der Waals surface area contributed by atoms with E-state index in [1.807, 2.05) is 0 Å². The van der Waals surface area contributed by atoms with E-state index in [9.17, 15) is 27.6 Å². The van der Waals surface area contributed by atoms with Gasteiger partial charge in [-0.15, -0.1) is 0 Å². The van der Waals surface area contributed by atoms with Gasteiger partial charge in [0.15, 0.2) is 0 Å². The standard InChI is InChI=1S/C20H20F3N3O4/c21-14-9-12(26-6-2-1-3-18(26)27)4-5-15(14)25-20(29)11-7-13(19(24)28)16(8-11)30-10-17(22)23/h1-6,9,11,13,16-17H,7-8,10H2,(H2,24,28)(H,25,29)/t11-,13-,16-/m0/s1. The molecule has 30 heavy (non-hydrogen) atoms. The molecule has 3 atom stereocenters.